The zero-order valence-electron chi connectivity index (χ0n) is 20.6. The summed E-state index contributed by atoms with van der Waals surface area (Å²) in [4.78, 5) is 24.4. The molecule has 1 aliphatic rings. The first kappa shape index (κ1) is 27.0. The molecule has 0 bridgehead atoms. The van der Waals surface area contributed by atoms with Crippen LogP contribution in [0.25, 0.3) is 6.08 Å². The highest BCUT2D eigenvalue weighted by Gasteiger charge is 2.40. The number of aldehydes is 1. The highest BCUT2D eigenvalue weighted by atomic mass is 28.3. The first-order valence-corrected chi connectivity index (χ1v) is 14.7. The van der Waals surface area contributed by atoms with Crippen LogP contribution < -0.4 is 9.47 Å². The van der Waals surface area contributed by atoms with Crippen LogP contribution in [0.4, 0.5) is 0 Å². The second-order valence-electron chi connectivity index (χ2n) is 9.50. The quantitative estimate of drug-likeness (QED) is 0.189. The molecular formula is C24H36O8Si. The molecule has 0 amide bonds. The number of carbonyl (C=O) groups is 2. The Labute approximate surface area is 197 Å². The van der Waals surface area contributed by atoms with Crippen molar-refractivity contribution in [1.29, 1.82) is 0 Å². The molecule has 0 N–H and O–H groups in total. The van der Waals surface area contributed by atoms with Crippen LogP contribution in [0.3, 0.4) is 0 Å². The summed E-state index contributed by atoms with van der Waals surface area (Å²) in [7, 11) is 1.68. The van der Waals surface area contributed by atoms with Gasteiger partial charge in [0.1, 0.15) is 23.2 Å². The summed E-state index contributed by atoms with van der Waals surface area (Å²) in [5, 5.41) is 0. The number of benzene rings is 1. The van der Waals surface area contributed by atoms with Crippen molar-refractivity contribution in [2.24, 2.45) is 0 Å². The molecular weight excluding hydrogens is 444 g/mol. The molecule has 1 aromatic carbocycles. The maximum atomic E-state index is 13.0. The second-order valence-corrected chi connectivity index (χ2v) is 15.1. The van der Waals surface area contributed by atoms with Crippen molar-refractivity contribution < 1.29 is 38.0 Å². The average molecular weight is 481 g/mol. The summed E-state index contributed by atoms with van der Waals surface area (Å²) >= 11 is 0. The van der Waals surface area contributed by atoms with Crippen LogP contribution in [0.15, 0.2) is 18.2 Å². The van der Waals surface area contributed by atoms with Crippen LogP contribution in [-0.2, 0) is 23.7 Å². The van der Waals surface area contributed by atoms with E-state index in [1.807, 2.05) is 6.08 Å². The van der Waals surface area contributed by atoms with Gasteiger partial charge in [0.2, 0.25) is 0 Å². The number of hydrogen-bond acceptors (Lipinski definition) is 8. The summed E-state index contributed by atoms with van der Waals surface area (Å²) in [5.74, 6) is -0.478. The molecule has 0 saturated carbocycles. The molecule has 2 atom stereocenters. The van der Waals surface area contributed by atoms with Gasteiger partial charge in [-0.1, -0.05) is 31.8 Å². The Bertz CT molecular complexity index is 844. The molecule has 1 aliphatic heterocycles. The number of esters is 1. The molecule has 1 aromatic rings. The molecule has 0 aliphatic carbocycles. The number of hydrogen-bond donors (Lipinski definition) is 0. The van der Waals surface area contributed by atoms with Gasteiger partial charge in [-0.3, -0.25) is 0 Å². The third kappa shape index (κ3) is 8.26. The smallest absolute Gasteiger partial charge is 0.342 e. The normalized spacial score (nSPS) is 20.1. The minimum absolute atomic E-state index is 0.0329. The molecule has 1 saturated heterocycles. The molecule has 33 heavy (non-hydrogen) atoms. The summed E-state index contributed by atoms with van der Waals surface area (Å²) in [6, 6.07) is 4.22. The Morgan fingerprint density at radius 3 is 2.52 bits per heavy atom. The molecule has 2 rings (SSSR count). The number of ether oxygens (including phenoxy) is 6. The molecule has 1 heterocycles. The third-order valence-electron chi connectivity index (χ3n) is 4.98. The van der Waals surface area contributed by atoms with Gasteiger partial charge in [0.05, 0.1) is 19.8 Å². The lowest BCUT2D eigenvalue weighted by molar-refractivity contribution is -0.149. The maximum absolute atomic E-state index is 13.0. The molecule has 0 radical (unpaired) electrons. The zero-order valence-corrected chi connectivity index (χ0v) is 21.6. The lowest BCUT2D eigenvalue weighted by Crippen LogP contribution is -2.23. The van der Waals surface area contributed by atoms with E-state index in [-0.39, 0.29) is 12.4 Å². The summed E-state index contributed by atoms with van der Waals surface area (Å²) in [6.45, 7) is 10.5. The number of carbonyl (C=O) groups excluding carboxylic acids is 2. The van der Waals surface area contributed by atoms with E-state index >= 15 is 0 Å². The molecule has 184 valence electrons. The van der Waals surface area contributed by atoms with Gasteiger partial charge in [0, 0.05) is 21.3 Å². The largest absolute Gasteiger partial charge is 0.497 e. The van der Waals surface area contributed by atoms with Gasteiger partial charge < -0.3 is 33.2 Å². The summed E-state index contributed by atoms with van der Waals surface area (Å²) in [5.41, 5.74) is 0.856. The Balaban J connectivity index is 2.30. The van der Waals surface area contributed by atoms with Gasteiger partial charge in [0.25, 0.3) is 0 Å². The predicted octanol–water partition coefficient (Wildman–Crippen LogP) is 4.30. The van der Waals surface area contributed by atoms with Crippen molar-refractivity contribution in [1.82, 2.24) is 0 Å². The fraction of sp³-hybridized carbons (Fsp3) is 0.583. The van der Waals surface area contributed by atoms with Gasteiger partial charge in [0.15, 0.2) is 18.9 Å². The molecule has 9 heteroatoms. The van der Waals surface area contributed by atoms with E-state index in [0.29, 0.717) is 30.1 Å². The van der Waals surface area contributed by atoms with Crippen molar-refractivity contribution in [2.75, 3.05) is 27.6 Å². The number of rotatable bonds is 12. The van der Waals surface area contributed by atoms with Crippen LogP contribution in [0.5, 0.6) is 11.5 Å². The minimum Gasteiger partial charge on any atom is -0.497 e. The molecule has 0 aromatic heterocycles. The fourth-order valence-electron chi connectivity index (χ4n) is 3.33. The topological polar surface area (TPSA) is 89.5 Å². The van der Waals surface area contributed by atoms with Gasteiger partial charge in [-0.25, -0.2) is 4.79 Å². The Morgan fingerprint density at radius 2 is 1.91 bits per heavy atom. The predicted molar refractivity (Wildman–Crippen MR) is 127 cm³/mol. The van der Waals surface area contributed by atoms with E-state index in [1.165, 1.54) is 14.2 Å². The van der Waals surface area contributed by atoms with Gasteiger partial charge in [-0.2, -0.15) is 0 Å². The van der Waals surface area contributed by atoms with E-state index in [1.54, 1.807) is 32.1 Å². The molecule has 0 spiro atoms. The standard InChI is InChI=1S/C24H36O8Si/c1-24(2)31-19(21(15-25)32-24)10-8-9-17-13-18(28-4)14-20(30-16-27-3)22(17)23(26)29-11-12-33(5,6)7/h8-9,13-15,19,21H,10-12,16H2,1-7H3/b9-8+/t19-,21?/m0/s1. The highest BCUT2D eigenvalue weighted by Crippen LogP contribution is 2.32. The first-order valence-electron chi connectivity index (χ1n) is 11.0. The van der Waals surface area contributed by atoms with E-state index in [4.69, 9.17) is 28.4 Å². The van der Waals surface area contributed by atoms with Crippen molar-refractivity contribution in [3.8, 4) is 11.5 Å². The van der Waals surface area contributed by atoms with E-state index in [2.05, 4.69) is 19.6 Å². The van der Waals surface area contributed by atoms with Crippen LogP contribution in [0, 0.1) is 0 Å². The minimum atomic E-state index is -1.36. The van der Waals surface area contributed by atoms with E-state index in [0.717, 1.165) is 12.3 Å². The number of methoxy groups -OCH3 is 2. The Morgan fingerprint density at radius 1 is 1.18 bits per heavy atom. The van der Waals surface area contributed by atoms with E-state index < -0.39 is 32.0 Å². The summed E-state index contributed by atoms with van der Waals surface area (Å²) < 4.78 is 33.1. The second kappa shape index (κ2) is 11.8. The average Bonchev–Trinajstić information content (AvgIpc) is 3.04. The van der Waals surface area contributed by atoms with Crippen molar-refractivity contribution in [3.63, 3.8) is 0 Å². The van der Waals surface area contributed by atoms with Crippen LogP contribution >= 0.6 is 0 Å². The summed E-state index contributed by atoms with van der Waals surface area (Å²) in [6.07, 6.45) is 3.70. The van der Waals surface area contributed by atoms with Gasteiger partial charge >= 0.3 is 5.97 Å². The lowest BCUT2D eigenvalue weighted by atomic mass is 10.0. The lowest BCUT2D eigenvalue weighted by Gasteiger charge is -2.18. The first-order chi connectivity index (χ1) is 15.5. The van der Waals surface area contributed by atoms with Crippen LogP contribution in [0.2, 0.25) is 25.7 Å². The van der Waals surface area contributed by atoms with Crippen molar-refractivity contribution in [2.45, 2.75) is 63.9 Å². The Kier molecular flexibility index (Phi) is 9.66. The van der Waals surface area contributed by atoms with E-state index in [9.17, 15) is 9.59 Å². The fourth-order valence-corrected chi connectivity index (χ4v) is 4.04. The third-order valence-corrected chi connectivity index (χ3v) is 6.69. The SMILES string of the molecule is COCOc1cc(OC)cc(/C=C/C[C@@H]2OC(C)(C)OC2C=O)c1C(=O)OCC[Si](C)(C)C. The van der Waals surface area contributed by atoms with Crippen LogP contribution in [-0.4, -0.2) is 65.9 Å². The molecule has 8 nitrogen and oxygen atoms in total. The zero-order chi connectivity index (χ0) is 24.6. The van der Waals surface area contributed by atoms with Crippen molar-refractivity contribution >= 4 is 26.4 Å². The van der Waals surface area contributed by atoms with Gasteiger partial charge in [-0.05, 0) is 37.9 Å². The molecule has 1 fully saturated rings. The Hall–Kier alpha value is -2.20. The molecule has 1 unspecified atom stereocenters. The highest BCUT2D eigenvalue weighted by molar-refractivity contribution is 6.76. The monoisotopic (exact) mass is 480 g/mol. The van der Waals surface area contributed by atoms with Gasteiger partial charge in [-0.15, -0.1) is 0 Å². The van der Waals surface area contributed by atoms with Crippen molar-refractivity contribution in [3.05, 3.63) is 29.3 Å². The maximum Gasteiger partial charge on any atom is 0.342 e. The van der Waals surface area contributed by atoms with Crippen LogP contribution in [0.1, 0.15) is 36.2 Å².